The number of hydrogen-bond acceptors (Lipinski definition) is 5. The van der Waals surface area contributed by atoms with E-state index in [1.54, 1.807) is 31.4 Å². The Hall–Kier alpha value is -1.63. The highest BCUT2D eigenvalue weighted by atomic mass is 16.5. The molecule has 112 valence electrons. The van der Waals surface area contributed by atoms with Gasteiger partial charge >= 0.3 is 0 Å². The molecule has 0 aliphatic carbocycles. The largest absolute Gasteiger partial charge is 0.399 e. The minimum atomic E-state index is -0.101. The van der Waals surface area contributed by atoms with Crippen LogP contribution < -0.4 is 11.1 Å². The first-order chi connectivity index (χ1) is 9.72. The zero-order valence-corrected chi connectivity index (χ0v) is 11.8. The van der Waals surface area contributed by atoms with Crippen LogP contribution in [0.25, 0.3) is 0 Å². The van der Waals surface area contributed by atoms with Crippen LogP contribution >= 0.6 is 0 Å². The monoisotopic (exact) mass is 282 g/mol. The number of nitrogens with two attached hydrogens (primary N) is 1. The van der Waals surface area contributed by atoms with E-state index in [9.17, 15) is 4.79 Å². The number of nitrogens with one attached hydrogen (secondary N) is 1. The number of carbonyl (C=O) groups excluding carboxylic acids is 1. The number of ether oxygens (including phenoxy) is 3. The number of rotatable bonds is 10. The Morgan fingerprint density at radius 1 is 1.15 bits per heavy atom. The van der Waals surface area contributed by atoms with Crippen molar-refractivity contribution in [2.45, 2.75) is 6.42 Å². The van der Waals surface area contributed by atoms with Crippen molar-refractivity contribution in [2.75, 3.05) is 51.2 Å². The summed E-state index contributed by atoms with van der Waals surface area (Å²) in [6, 6.07) is 7.06. The van der Waals surface area contributed by atoms with E-state index >= 15 is 0 Å². The predicted molar refractivity (Wildman–Crippen MR) is 77.6 cm³/mol. The standard InChI is InChI=1S/C14H22N2O4/c1-18-7-8-20-10-9-19-6-5-14(17)16-13-4-2-3-12(15)11-13/h2-4,11H,5-10,15H2,1H3,(H,16,17). The van der Waals surface area contributed by atoms with Crippen LogP contribution in [0, 0.1) is 0 Å². The SMILES string of the molecule is COCCOCCOCCC(=O)Nc1cccc(N)c1. The molecule has 1 aromatic rings. The topological polar surface area (TPSA) is 82.8 Å². The van der Waals surface area contributed by atoms with Crippen molar-refractivity contribution in [3.63, 3.8) is 0 Å². The highest BCUT2D eigenvalue weighted by Crippen LogP contribution is 2.11. The van der Waals surface area contributed by atoms with Crippen molar-refractivity contribution in [3.8, 4) is 0 Å². The van der Waals surface area contributed by atoms with Crippen LogP contribution in [0.5, 0.6) is 0 Å². The van der Waals surface area contributed by atoms with Gasteiger partial charge in [-0.15, -0.1) is 0 Å². The van der Waals surface area contributed by atoms with Crippen LogP contribution in [0.2, 0.25) is 0 Å². The fourth-order valence-electron chi connectivity index (χ4n) is 1.47. The zero-order chi connectivity index (χ0) is 14.6. The van der Waals surface area contributed by atoms with Gasteiger partial charge in [0.1, 0.15) is 0 Å². The van der Waals surface area contributed by atoms with Gasteiger partial charge in [0.25, 0.3) is 0 Å². The van der Waals surface area contributed by atoms with E-state index in [2.05, 4.69) is 5.32 Å². The smallest absolute Gasteiger partial charge is 0.226 e. The summed E-state index contributed by atoms with van der Waals surface area (Å²) < 4.78 is 15.4. The molecular formula is C14H22N2O4. The van der Waals surface area contributed by atoms with Crippen LogP contribution in [0.15, 0.2) is 24.3 Å². The molecule has 1 aromatic carbocycles. The summed E-state index contributed by atoms with van der Waals surface area (Å²) in [6.45, 7) is 2.45. The molecule has 6 nitrogen and oxygen atoms in total. The first-order valence-electron chi connectivity index (χ1n) is 6.52. The summed E-state index contributed by atoms with van der Waals surface area (Å²) in [5.41, 5.74) is 6.94. The van der Waals surface area contributed by atoms with Crippen LogP contribution in [-0.2, 0) is 19.0 Å². The Labute approximate surface area is 119 Å². The lowest BCUT2D eigenvalue weighted by Gasteiger charge is -2.07. The van der Waals surface area contributed by atoms with E-state index in [0.29, 0.717) is 50.8 Å². The molecule has 0 aromatic heterocycles. The van der Waals surface area contributed by atoms with Gasteiger partial charge in [-0.25, -0.2) is 0 Å². The van der Waals surface area contributed by atoms with Crippen molar-refractivity contribution in [3.05, 3.63) is 24.3 Å². The second-order valence-corrected chi connectivity index (χ2v) is 4.14. The lowest BCUT2D eigenvalue weighted by Crippen LogP contribution is -2.15. The minimum absolute atomic E-state index is 0.101. The summed E-state index contributed by atoms with van der Waals surface area (Å²) in [4.78, 5) is 11.6. The number of amides is 1. The molecule has 0 aliphatic rings. The first kappa shape index (κ1) is 16.4. The Balaban J connectivity index is 2.03. The molecule has 3 N–H and O–H groups in total. The Bertz CT molecular complexity index is 399. The number of hydrogen-bond donors (Lipinski definition) is 2. The summed E-state index contributed by atoms with van der Waals surface area (Å²) in [5.74, 6) is -0.101. The average Bonchev–Trinajstić information content (AvgIpc) is 2.42. The van der Waals surface area contributed by atoms with Gasteiger partial charge in [0.05, 0.1) is 39.5 Å². The average molecular weight is 282 g/mol. The molecule has 0 saturated heterocycles. The van der Waals surface area contributed by atoms with Crippen molar-refractivity contribution >= 4 is 17.3 Å². The summed E-state index contributed by atoms with van der Waals surface area (Å²) in [5, 5.41) is 2.75. The number of anilines is 2. The van der Waals surface area contributed by atoms with E-state index in [1.807, 2.05) is 0 Å². The van der Waals surface area contributed by atoms with Crippen molar-refractivity contribution in [2.24, 2.45) is 0 Å². The summed E-state index contributed by atoms with van der Waals surface area (Å²) in [6.07, 6.45) is 0.298. The van der Waals surface area contributed by atoms with E-state index in [1.165, 1.54) is 0 Å². The second-order valence-electron chi connectivity index (χ2n) is 4.14. The second kappa shape index (κ2) is 10.2. The maximum Gasteiger partial charge on any atom is 0.226 e. The van der Waals surface area contributed by atoms with E-state index < -0.39 is 0 Å². The predicted octanol–water partition coefficient (Wildman–Crippen LogP) is 1.28. The molecule has 0 aliphatic heterocycles. The van der Waals surface area contributed by atoms with E-state index in [0.717, 1.165) is 0 Å². The van der Waals surface area contributed by atoms with E-state index in [-0.39, 0.29) is 5.91 Å². The number of nitrogen functional groups attached to an aromatic ring is 1. The first-order valence-corrected chi connectivity index (χ1v) is 6.52. The van der Waals surface area contributed by atoms with Gasteiger partial charge in [-0.05, 0) is 18.2 Å². The van der Waals surface area contributed by atoms with E-state index in [4.69, 9.17) is 19.9 Å². The molecule has 0 fully saturated rings. The van der Waals surface area contributed by atoms with Gasteiger partial charge in [0.15, 0.2) is 0 Å². The summed E-state index contributed by atoms with van der Waals surface area (Å²) >= 11 is 0. The maximum atomic E-state index is 11.6. The number of carbonyl (C=O) groups is 1. The molecule has 0 spiro atoms. The van der Waals surface area contributed by atoms with Gasteiger partial charge in [-0.3, -0.25) is 4.79 Å². The van der Waals surface area contributed by atoms with Gasteiger partial charge in [-0.2, -0.15) is 0 Å². The van der Waals surface area contributed by atoms with Gasteiger partial charge in [0, 0.05) is 18.5 Å². The third kappa shape index (κ3) is 7.73. The fourth-order valence-corrected chi connectivity index (χ4v) is 1.47. The molecule has 20 heavy (non-hydrogen) atoms. The minimum Gasteiger partial charge on any atom is -0.399 e. The Morgan fingerprint density at radius 2 is 1.85 bits per heavy atom. The van der Waals surface area contributed by atoms with Gasteiger partial charge in [0.2, 0.25) is 5.91 Å². The molecule has 1 amide bonds. The Morgan fingerprint density at radius 3 is 2.55 bits per heavy atom. The van der Waals surface area contributed by atoms with Gasteiger partial charge in [-0.1, -0.05) is 6.07 Å². The van der Waals surface area contributed by atoms with Crippen LogP contribution in [-0.4, -0.2) is 46.1 Å². The fraction of sp³-hybridized carbons (Fsp3) is 0.500. The normalized spacial score (nSPS) is 10.4. The molecule has 0 radical (unpaired) electrons. The molecule has 0 saturated carbocycles. The third-order valence-corrected chi connectivity index (χ3v) is 2.45. The van der Waals surface area contributed by atoms with Crippen LogP contribution in [0.4, 0.5) is 11.4 Å². The molecule has 6 heteroatoms. The lowest BCUT2D eigenvalue weighted by atomic mass is 10.3. The molecule has 0 bridgehead atoms. The zero-order valence-electron chi connectivity index (χ0n) is 11.8. The van der Waals surface area contributed by atoms with Crippen molar-refractivity contribution < 1.29 is 19.0 Å². The quantitative estimate of drug-likeness (QED) is 0.499. The lowest BCUT2D eigenvalue weighted by molar-refractivity contribution is -0.117. The molecule has 1 rings (SSSR count). The number of benzene rings is 1. The molecule has 0 atom stereocenters. The Kier molecular flexibility index (Phi) is 8.37. The number of methoxy groups -OCH3 is 1. The van der Waals surface area contributed by atoms with Crippen LogP contribution in [0.3, 0.4) is 0 Å². The summed E-state index contributed by atoms with van der Waals surface area (Å²) in [7, 11) is 1.62. The van der Waals surface area contributed by atoms with Gasteiger partial charge < -0.3 is 25.3 Å². The maximum absolute atomic E-state index is 11.6. The molecule has 0 heterocycles. The third-order valence-electron chi connectivity index (χ3n) is 2.45. The van der Waals surface area contributed by atoms with Crippen LogP contribution in [0.1, 0.15) is 6.42 Å². The highest BCUT2D eigenvalue weighted by Gasteiger charge is 2.02. The molecular weight excluding hydrogens is 260 g/mol. The van der Waals surface area contributed by atoms with Crippen molar-refractivity contribution in [1.29, 1.82) is 0 Å². The highest BCUT2D eigenvalue weighted by molar-refractivity contribution is 5.91. The van der Waals surface area contributed by atoms with Crippen molar-refractivity contribution in [1.82, 2.24) is 0 Å². The molecule has 0 unspecified atom stereocenters.